The zero-order chi connectivity index (χ0) is 17.3. The number of hydrogen-bond acceptors (Lipinski definition) is 4. The van der Waals surface area contributed by atoms with Crippen LogP contribution in [-0.2, 0) is 9.53 Å². The van der Waals surface area contributed by atoms with Crippen molar-refractivity contribution < 1.29 is 18.7 Å². The first kappa shape index (κ1) is 17.0. The van der Waals surface area contributed by atoms with Crippen LogP contribution in [0.15, 0.2) is 27.1 Å². The highest BCUT2D eigenvalue weighted by atomic mass is 79.9. The normalized spacial score (nSPS) is 18.0. The van der Waals surface area contributed by atoms with Gasteiger partial charge >= 0.3 is 5.97 Å². The van der Waals surface area contributed by atoms with Gasteiger partial charge in [-0.3, -0.25) is 4.79 Å². The lowest BCUT2D eigenvalue weighted by Gasteiger charge is -2.33. The van der Waals surface area contributed by atoms with Gasteiger partial charge in [0.15, 0.2) is 6.61 Å². The van der Waals surface area contributed by atoms with Crippen molar-refractivity contribution in [1.29, 1.82) is 0 Å². The fourth-order valence-electron chi connectivity index (χ4n) is 3.13. The van der Waals surface area contributed by atoms with Crippen LogP contribution in [0.2, 0.25) is 0 Å². The molecular formula is C18H20BrNO4. The first-order chi connectivity index (χ1) is 11.5. The average Bonchev–Trinajstić information content (AvgIpc) is 2.89. The predicted molar refractivity (Wildman–Crippen MR) is 94.0 cm³/mol. The molecule has 1 aliphatic rings. The van der Waals surface area contributed by atoms with Crippen LogP contribution in [0, 0.1) is 6.92 Å². The number of benzene rings is 1. The summed E-state index contributed by atoms with van der Waals surface area (Å²) in [6.45, 7) is 4.32. The van der Waals surface area contributed by atoms with Gasteiger partial charge in [0.1, 0.15) is 5.58 Å². The topological polar surface area (TPSA) is 59.8 Å². The Morgan fingerprint density at radius 3 is 2.92 bits per heavy atom. The molecule has 0 spiro atoms. The molecule has 2 heterocycles. The van der Waals surface area contributed by atoms with E-state index in [1.165, 1.54) is 0 Å². The number of esters is 1. The number of amides is 1. The molecule has 0 radical (unpaired) electrons. The number of aryl methyl sites for hydroxylation is 1. The summed E-state index contributed by atoms with van der Waals surface area (Å²) in [6, 6.07) is 5.74. The summed E-state index contributed by atoms with van der Waals surface area (Å²) in [7, 11) is 0. The lowest BCUT2D eigenvalue weighted by atomic mass is 10.0. The number of furan rings is 1. The van der Waals surface area contributed by atoms with Gasteiger partial charge in [-0.05, 0) is 51.3 Å². The molecule has 3 rings (SSSR count). The van der Waals surface area contributed by atoms with Crippen molar-refractivity contribution >= 4 is 38.8 Å². The van der Waals surface area contributed by atoms with Gasteiger partial charge < -0.3 is 14.1 Å². The van der Waals surface area contributed by atoms with Crippen LogP contribution < -0.4 is 0 Å². The standard InChI is InChI=1S/C18H20BrNO4/c1-11-5-3-4-8-20(11)16(21)10-23-18(22)17-12(2)14-9-13(19)6-7-15(14)24-17/h6-7,9,11H,3-5,8,10H2,1-2H3/t11-/m0/s1. The number of carbonyl (C=O) groups is 2. The summed E-state index contributed by atoms with van der Waals surface area (Å²) in [6.07, 6.45) is 3.14. The Morgan fingerprint density at radius 1 is 1.38 bits per heavy atom. The van der Waals surface area contributed by atoms with E-state index in [0.29, 0.717) is 5.58 Å². The molecule has 5 nitrogen and oxygen atoms in total. The number of halogens is 1. The Balaban J connectivity index is 1.69. The van der Waals surface area contributed by atoms with Crippen LogP contribution >= 0.6 is 15.9 Å². The van der Waals surface area contributed by atoms with Gasteiger partial charge in [-0.25, -0.2) is 4.79 Å². The van der Waals surface area contributed by atoms with Crippen molar-refractivity contribution in [3.63, 3.8) is 0 Å². The second kappa shape index (κ2) is 6.97. The van der Waals surface area contributed by atoms with E-state index in [4.69, 9.17) is 9.15 Å². The van der Waals surface area contributed by atoms with Crippen LogP contribution in [0.4, 0.5) is 0 Å². The van der Waals surface area contributed by atoms with Crippen molar-refractivity contribution in [3.05, 3.63) is 34.0 Å². The molecule has 1 aromatic heterocycles. The molecule has 0 N–H and O–H groups in total. The third-order valence-electron chi connectivity index (χ3n) is 4.53. The molecule has 0 unspecified atom stereocenters. The smallest absolute Gasteiger partial charge is 0.375 e. The number of nitrogens with zero attached hydrogens (tertiary/aromatic N) is 1. The monoisotopic (exact) mass is 393 g/mol. The fourth-order valence-corrected chi connectivity index (χ4v) is 3.49. The van der Waals surface area contributed by atoms with Crippen LogP contribution in [0.5, 0.6) is 0 Å². The third-order valence-corrected chi connectivity index (χ3v) is 5.03. The van der Waals surface area contributed by atoms with Gasteiger partial charge in [-0.1, -0.05) is 15.9 Å². The Labute approximate surface area is 149 Å². The molecular weight excluding hydrogens is 374 g/mol. The van der Waals surface area contributed by atoms with Crippen molar-refractivity contribution in [2.24, 2.45) is 0 Å². The van der Waals surface area contributed by atoms with Gasteiger partial charge in [0, 0.05) is 28.0 Å². The maximum Gasteiger partial charge on any atom is 0.375 e. The van der Waals surface area contributed by atoms with E-state index in [1.54, 1.807) is 11.0 Å². The first-order valence-corrected chi connectivity index (χ1v) is 8.92. The lowest BCUT2D eigenvalue weighted by molar-refractivity contribution is -0.137. The SMILES string of the molecule is Cc1c(C(=O)OCC(=O)N2CCCC[C@@H]2C)oc2ccc(Br)cc12. The fraction of sp³-hybridized carbons (Fsp3) is 0.444. The summed E-state index contributed by atoms with van der Waals surface area (Å²) in [5.74, 6) is -0.590. The first-order valence-electron chi connectivity index (χ1n) is 8.12. The zero-order valence-electron chi connectivity index (χ0n) is 13.8. The molecule has 1 atom stereocenters. The maximum atomic E-state index is 12.3. The summed E-state index contributed by atoms with van der Waals surface area (Å²) >= 11 is 3.40. The van der Waals surface area contributed by atoms with Crippen molar-refractivity contribution in [2.75, 3.05) is 13.2 Å². The molecule has 2 aromatic rings. The van der Waals surface area contributed by atoms with Gasteiger partial charge in [0.05, 0.1) is 0 Å². The number of likely N-dealkylation sites (tertiary alicyclic amines) is 1. The molecule has 1 aromatic carbocycles. The summed E-state index contributed by atoms with van der Waals surface area (Å²) < 4.78 is 11.7. The molecule has 0 saturated carbocycles. The van der Waals surface area contributed by atoms with E-state index in [0.717, 1.165) is 41.2 Å². The van der Waals surface area contributed by atoms with Gasteiger partial charge in [-0.15, -0.1) is 0 Å². The van der Waals surface area contributed by atoms with Gasteiger partial charge in [-0.2, -0.15) is 0 Å². The van der Waals surface area contributed by atoms with E-state index < -0.39 is 5.97 Å². The lowest BCUT2D eigenvalue weighted by Crippen LogP contribution is -2.44. The van der Waals surface area contributed by atoms with E-state index in [1.807, 2.05) is 26.0 Å². The van der Waals surface area contributed by atoms with Crippen LogP contribution in [0.3, 0.4) is 0 Å². The Hall–Kier alpha value is -1.82. The summed E-state index contributed by atoms with van der Waals surface area (Å²) in [4.78, 5) is 26.3. The van der Waals surface area contributed by atoms with Crippen molar-refractivity contribution in [1.82, 2.24) is 4.90 Å². The Kier molecular flexibility index (Phi) is 4.94. The van der Waals surface area contributed by atoms with Crippen LogP contribution in [0.25, 0.3) is 11.0 Å². The number of carbonyl (C=O) groups excluding carboxylic acids is 2. The molecule has 1 saturated heterocycles. The minimum absolute atomic E-state index is 0.146. The highest BCUT2D eigenvalue weighted by Crippen LogP contribution is 2.28. The minimum atomic E-state index is -0.599. The van der Waals surface area contributed by atoms with E-state index in [-0.39, 0.29) is 24.3 Å². The average molecular weight is 394 g/mol. The quantitative estimate of drug-likeness (QED) is 0.737. The largest absolute Gasteiger partial charge is 0.450 e. The molecule has 1 aliphatic heterocycles. The molecule has 128 valence electrons. The number of hydrogen-bond donors (Lipinski definition) is 0. The molecule has 1 fully saturated rings. The summed E-state index contributed by atoms with van der Waals surface area (Å²) in [5, 5.41) is 0.854. The van der Waals surface area contributed by atoms with Crippen LogP contribution in [0.1, 0.15) is 42.3 Å². The highest BCUT2D eigenvalue weighted by molar-refractivity contribution is 9.10. The van der Waals surface area contributed by atoms with Gasteiger partial charge in [0.25, 0.3) is 5.91 Å². The Bertz CT molecular complexity index is 783. The second-order valence-electron chi connectivity index (χ2n) is 6.20. The highest BCUT2D eigenvalue weighted by Gasteiger charge is 2.25. The molecule has 6 heteroatoms. The van der Waals surface area contributed by atoms with Crippen molar-refractivity contribution in [3.8, 4) is 0 Å². The van der Waals surface area contributed by atoms with E-state index in [2.05, 4.69) is 15.9 Å². The molecule has 1 amide bonds. The van der Waals surface area contributed by atoms with Crippen molar-refractivity contribution in [2.45, 2.75) is 39.2 Å². The molecule has 0 bridgehead atoms. The van der Waals surface area contributed by atoms with E-state index in [9.17, 15) is 9.59 Å². The minimum Gasteiger partial charge on any atom is -0.450 e. The maximum absolute atomic E-state index is 12.3. The van der Waals surface area contributed by atoms with Crippen LogP contribution in [-0.4, -0.2) is 36.0 Å². The number of ether oxygens (including phenoxy) is 1. The van der Waals surface area contributed by atoms with E-state index >= 15 is 0 Å². The predicted octanol–water partition coefficient (Wildman–Crippen LogP) is 4.06. The number of fused-ring (bicyclic) bond motifs is 1. The third kappa shape index (κ3) is 3.34. The zero-order valence-corrected chi connectivity index (χ0v) is 15.4. The summed E-state index contributed by atoms with van der Waals surface area (Å²) in [5.41, 5.74) is 1.34. The molecule has 24 heavy (non-hydrogen) atoms. The van der Waals surface area contributed by atoms with Gasteiger partial charge in [0.2, 0.25) is 5.76 Å². The molecule has 0 aliphatic carbocycles. The second-order valence-corrected chi connectivity index (χ2v) is 7.12. The number of piperidine rings is 1. The Morgan fingerprint density at radius 2 is 2.17 bits per heavy atom. The number of rotatable bonds is 3.